The first kappa shape index (κ1) is 11.5. The molecule has 0 aliphatic heterocycles. The van der Waals surface area contributed by atoms with Gasteiger partial charge in [0.2, 0.25) is 0 Å². The molecule has 0 spiro atoms. The third kappa shape index (κ3) is 2.72. The molecule has 1 aromatic rings. The van der Waals surface area contributed by atoms with E-state index in [0.29, 0.717) is 5.88 Å². The Morgan fingerprint density at radius 1 is 1.57 bits per heavy atom. The zero-order valence-corrected chi connectivity index (χ0v) is 10.0. The molecule has 4 heteroatoms. The number of alkyl halides is 1. The minimum absolute atomic E-state index is 0.0252. The minimum atomic E-state index is 0.0252. The highest BCUT2D eigenvalue weighted by molar-refractivity contribution is 6.18. The van der Waals surface area contributed by atoms with Gasteiger partial charge in [0.1, 0.15) is 0 Å². The quantitative estimate of drug-likeness (QED) is 0.716. The van der Waals surface area contributed by atoms with Gasteiger partial charge in [0, 0.05) is 36.8 Å². The van der Waals surface area contributed by atoms with Crippen LogP contribution in [0, 0.1) is 0 Å². The fraction of sp³-hybridized carbons (Fsp3) is 0.700. The van der Waals surface area contributed by atoms with Crippen molar-refractivity contribution in [3.05, 3.63) is 18.0 Å². The Balaban J connectivity index is 2.61. The van der Waals surface area contributed by atoms with E-state index in [1.54, 1.807) is 0 Å². The van der Waals surface area contributed by atoms with Gasteiger partial charge in [-0.15, -0.1) is 11.6 Å². The summed E-state index contributed by atoms with van der Waals surface area (Å²) in [4.78, 5) is 2.23. The molecule has 0 aliphatic rings. The van der Waals surface area contributed by atoms with Crippen molar-refractivity contribution in [1.29, 1.82) is 0 Å². The first-order valence-electron chi connectivity index (χ1n) is 4.70. The predicted molar refractivity (Wildman–Crippen MR) is 59.5 cm³/mol. The van der Waals surface area contributed by atoms with E-state index in [1.165, 1.54) is 5.56 Å². The fourth-order valence-electron chi connectivity index (χ4n) is 1.14. The van der Waals surface area contributed by atoms with E-state index < -0.39 is 0 Å². The van der Waals surface area contributed by atoms with Crippen LogP contribution in [0.25, 0.3) is 0 Å². The number of hydrogen-bond donors (Lipinski definition) is 0. The maximum Gasteiger partial charge on any atom is 0.0534 e. The molecule has 80 valence electrons. The summed E-state index contributed by atoms with van der Waals surface area (Å²) in [7, 11) is 4.01. The van der Waals surface area contributed by atoms with Crippen LogP contribution in [0.2, 0.25) is 0 Å². The molecular formula is C10H18ClN3. The van der Waals surface area contributed by atoms with Crippen LogP contribution < -0.4 is 0 Å². The lowest BCUT2D eigenvalue weighted by Crippen LogP contribution is -2.42. The van der Waals surface area contributed by atoms with Crippen LogP contribution in [0.5, 0.6) is 0 Å². The summed E-state index contributed by atoms with van der Waals surface area (Å²) in [5.74, 6) is 0.629. The first-order valence-corrected chi connectivity index (χ1v) is 5.24. The van der Waals surface area contributed by atoms with E-state index in [-0.39, 0.29) is 5.54 Å². The zero-order valence-electron chi connectivity index (χ0n) is 9.29. The Kier molecular flexibility index (Phi) is 3.56. The summed E-state index contributed by atoms with van der Waals surface area (Å²) >= 11 is 5.90. The fourth-order valence-corrected chi connectivity index (χ4v) is 1.35. The monoisotopic (exact) mass is 215 g/mol. The van der Waals surface area contributed by atoms with Gasteiger partial charge >= 0.3 is 0 Å². The molecule has 0 aromatic carbocycles. The summed E-state index contributed by atoms with van der Waals surface area (Å²) < 4.78 is 1.82. The highest BCUT2D eigenvalue weighted by atomic mass is 35.5. The lowest BCUT2D eigenvalue weighted by atomic mass is 10.1. The third-order valence-corrected chi connectivity index (χ3v) is 3.19. The van der Waals surface area contributed by atoms with E-state index >= 15 is 0 Å². The highest BCUT2D eigenvalue weighted by Crippen LogP contribution is 2.16. The number of halogens is 1. The van der Waals surface area contributed by atoms with Crippen LogP contribution in [0.4, 0.5) is 0 Å². The maximum absolute atomic E-state index is 5.90. The molecule has 1 heterocycles. The van der Waals surface area contributed by atoms with Crippen molar-refractivity contribution in [1.82, 2.24) is 14.7 Å². The van der Waals surface area contributed by atoms with E-state index in [2.05, 4.69) is 30.9 Å². The molecule has 1 rings (SSSR count). The maximum atomic E-state index is 5.90. The Labute approximate surface area is 90.7 Å². The van der Waals surface area contributed by atoms with Crippen molar-refractivity contribution in [2.45, 2.75) is 25.9 Å². The van der Waals surface area contributed by atoms with Crippen molar-refractivity contribution in [3.8, 4) is 0 Å². The first-order chi connectivity index (χ1) is 6.45. The van der Waals surface area contributed by atoms with Crippen LogP contribution >= 0.6 is 11.6 Å². The number of aromatic nitrogens is 2. The van der Waals surface area contributed by atoms with Crippen molar-refractivity contribution >= 4 is 11.6 Å². The van der Waals surface area contributed by atoms with Crippen LogP contribution in [0.15, 0.2) is 12.4 Å². The van der Waals surface area contributed by atoms with Crippen molar-refractivity contribution in [3.63, 3.8) is 0 Å². The molecule has 0 saturated heterocycles. The Bertz CT molecular complexity index is 293. The van der Waals surface area contributed by atoms with Crippen LogP contribution in [-0.4, -0.2) is 33.1 Å². The van der Waals surface area contributed by atoms with Crippen molar-refractivity contribution in [2.75, 3.05) is 12.9 Å². The Hall–Kier alpha value is -0.540. The topological polar surface area (TPSA) is 21.1 Å². The van der Waals surface area contributed by atoms with E-state index in [9.17, 15) is 0 Å². The number of hydrogen-bond acceptors (Lipinski definition) is 2. The van der Waals surface area contributed by atoms with Crippen LogP contribution in [0.1, 0.15) is 19.4 Å². The average molecular weight is 216 g/mol. The summed E-state index contributed by atoms with van der Waals surface area (Å²) in [5.41, 5.74) is 1.24. The molecule has 0 aliphatic carbocycles. The number of rotatable bonds is 4. The molecule has 0 bridgehead atoms. The molecule has 14 heavy (non-hydrogen) atoms. The van der Waals surface area contributed by atoms with Gasteiger partial charge < -0.3 is 0 Å². The van der Waals surface area contributed by atoms with Gasteiger partial charge in [-0.2, -0.15) is 5.10 Å². The Morgan fingerprint density at radius 3 is 2.64 bits per heavy atom. The smallest absolute Gasteiger partial charge is 0.0534 e. The van der Waals surface area contributed by atoms with Crippen molar-refractivity contribution < 1.29 is 0 Å². The molecular weight excluding hydrogens is 198 g/mol. The molecule has 0 unspecified atom stereocenters. The Morgan fingerprint density at radius 2 is 2.21 bits per heavy atom. The van der Waals surface area contributed by atoms with Gasteiger partial charge in [-0.25, -0.2) is 0 Å². The van der Waals surface area contributed by atoms with Crippen molar-refractivity contribution in [2.24, 2.45) is 7.05 Å². The van der Waals surface area contributed by atoms with Gasteiger partial charge in [0.05, 0.1) is 6.20 Å². The average Bonchev–Trinajstić information content (AvgIpc) is 2.51. The molecule has 0 amide bonds. The predicted octanol–water partition coefficient (Wildman–Crippen LogP) is 1.87. The van der Waals surface area contributed by atoms with Gasteiger partial charge in [-0.05, 0) is 20.9 Å². The standard InChI is InChI=1S/C10H18ClN3/c1-10(2,8-11)13(3)6-9-5-12-14(4)7-9/h5,7H,6,8H2,1-4H3. The lowest BCUT2D eigenvalue weighted by molar-refractivity contribution is 0.170. The van der Waals surface area contributed by atoms with Gasteiger partial charge in [-0.3, -0.25) is 9.58 Å². The van der Waals surface area contributed by atoms with Gasteiger partial charge in [0.25, 0.3) is 0 Å². The summed E-state index contributed by atoms with van der Waals surface area (Å²) in [5, 5.41) is 4.13. The van der Waals surface area contributed by atoms with E-state index in [0.717, 1.165) is 6.54 Å². The molecule has 0 saturated carbocycles. The molecule has 0 atom stereocenters. The molecule has 3 nitrogen and oxygen atoms in total. The van der Waals surface area contributed by atoms with Crippen LogP contribution in [0.3, 0.4) is 0 Å². The second-order valence-electron chi connectivity index (χ2n) is 4.32. The number of aryl methyl sites for hydroxylation is 1. The highest BCUT2D eigenvalue weighted by Gasteiger charge is 2.22. The van der Waals surface area contributed by atoms with Gasteiger partial charge in [0.15, 0.2) is 0 Å². The molecule has 0 N–H and O–H groups in total. The largest absolute Gasteiger partial charge is 0.296 e. The van der Waals surface area contributed by atoms with Gasteiger partial charge in [-0.1, -0.05) is 0 Å². The zero-order chi connectivity index (χ0) is 10.8. The van der Waals surface area contributed by atoms with E-state index in [4.69, 9.17) is 11.6 Å². The normalized spacial score (nSPS) is 12.4. The number of nitrogens with zero attached hydrogens (tertiary/aromatic N) is 3. The molecule has 1 aromatic heterocycles. The SMILES string of the molecule is CN(Cc1cnn(C)c1)C(C)(C)CCl. The lowest BCUT2D eigenvalue weighted by Gasteiger charge is -2.33. The second-order valence-corrected chi connectivity index (χ2v) is 4.59. The van der Waals surface area contributed by atoms with Crippen LogP contribution in [-0.2, 0) is 13.6 Å². The summed E-state index contributed by atoms with van der Waals surface area (Å²) in [6, 6.07) is 0. The second kappa shape index (κ2) is 4.32. The molecule has 0 fully saturated rings. The summed E-state index contributed by atoms with van der Waals surface area (Å²) in [6.45, 7) is 5.15. The summed E-state index contributed by atoms with van der Waals surface area (Å²) in [6.07, 6.45) is 3.92. The van der Waals surface area contributed by atoms with E-state index in [1.807, 2.05) is 24.1 Å². The third-order valence-electron chi connectivity index (χ3n) is 2.54. The minimum Gasteiger partial charge on any atom is -0.296 e. The molecule has 0 radical (unpaired) electrons.